The van der Waals surface area contributed by atoms with Gasteiger partial charge < -0.3 is 55.7 Å². The average molecular weight is 1200 g/mol. The van der Waals surface area contributed by atoms with Crippen molar-refractivity contribution in [3.63, 3.8) is 0 Å². The fourth-order valence-electron chi connectivity index (χ4n) is 8.62. The Morgan fingerprint density at radius 3 is 2.19 bits per heavy atom. The topological polar surface area (TPSA) is 351 Å². The molecule has 25 nitrogen and oxygen atoms in total. The number of aliphatic carboxylic acids is 2. The van der Waals surface area contributed by atoms with Gasteiger partial charge in [-0.15, -0.1) is 11.3 Å². The maximum absolute atomic E-state index is 14.9. The number of hydrazine groups is 1. The van der Waals surface area contributed by atoms with E-state index in [0.29, 0.717) is 24.8 Å². The minimum atomic E-state index is -1.32. The molecule has 2 aromatic rings. The standard InChI is InChI=1S/C53H81N9O16S3/c1-10-14-44(66)77-29-62(50(70)45(31(5)11-2)58-48(69)40-15-12-13-20-61(40)9)41(30(3)4)26-42(78-33(7)63)49-57-38(27-79-49)47(68)55-35(24-34-16-18-36(64)19-17-34)23-32(6)46(67)59-60-53(75)76-21-22-80-81-28-39(52(73)74)56-43(65)25-37(54-8)51(71)72/h16-19,27,30-32,35,37,39-42,45,54,64H,10-15,20-26,28-29H2,1-9H3,(H,55,68)(H,56,65)(H,58,69)(H,59,67)(H,60,75)(H,71,72)(H,73,74)/t31-,32+,35-,37+,39+,40-,41-,42-,45+/m1/s1. The number of nitrogens with zero attached hydrogens (tertiary/aromatic N) is 3. The number of carboxylic acids is 2. The molecule has 1 aromatic heterocycles. The van der Waals surface area contributed by atoms with Crippen LogP contribution in [0.5, 0.6) is 5.75 Å². The van der Waals surface area contributed by atoms with Gasteiger partial charge in [0.2, 0.25) is 23.6 Å². The molecule has 9 N–H and O–H groups in total. The van der Waals surface area contributed by atoms with Gasteiger partial charge in [-0.05, 0) is 82.3 Å². The summed E-state index contributed by atoms with van der Waals surface area (Å²) >= 11 is 1.04. The molecule has 28 heteroatoms. The van der Waals surface area contributed by atoms with Crippen molar-refractivity contribution < 1.29 is 77.5 Å². The van der Waals surface area contributed by atoms with Crippen LogP contribution in [0.4, 0.5) is 4.79 Å². The van der Waals surface area contributed by atoms with Gasteiger partial charge in [0.05, 0.1) is 12.5 Å². The molecule has 1 saturated heterocycles. The van der Waals surface area contributed by atoms with E-state index < -0.39 is 115 Å². The lowest BCUT2D eigenvalue weighted by Gasteiger charge is -2.39. The molecular formula is C53H81N9O16S3. The highest BCUT2D eigenvalue weighted by atomic mass is 33.1. The largest absolute Gasteiger partial charge is 0.508 e. The third-order valence-electron chi connectivity index (χ3n) is 13.4. The van der Waals surface area contributed by atoms with Crippen LogP contribution in [0.2, 0.25) is 0 Å². The van der Waals surface area contributed by atoms with Crippen molar-refractivity contribution >= 4 is 92.4 Å². The smallest absolute Gasteiger partial charge is 0.426 e. The number of phenolic OH excluding ortho intramolecular Hbond substituents is 1. The zero-order chi connectivity index (χ0) is 60.3. The summed E-state index contributed by atoms with van der Waals surface area (Å²) in [6.07, 6.45) is 1.28. The number of phenols is 1. The molecule has 81 heavy (non-hydrogen) atoms. The van der Waals surface area contributed by atoms with Crippen LogP contribution >= 0.6 is 32.9 Å². The van der Waals surface area contributed by atoms with Gasteiger partial charge in [-0.1, -0.05) is 88.1 Å². The molecule has 2 heterocycles. The van der Waals surface area contributed by atoms with Crippen LogP contribution in [0.3, 0.4) is 0 Å². The first kappa shape index (κ1) is 69.0. The molecule has 0 radical (unpaired) electrons. The summed E-state index contributed by atoms with van der Waals surface area (Å²) in [7, 11) is 5.46. The van der Waals surface area contributed by atoms with Crippen molar-refractivity contribution in [1.82, 2.24) is 46.9 Å². The Bertz CT molecular complexity index is 2420. The maximum Gasteiger partial charge on any atom is 0.426 e. The van der Waals surface area contributed by atoms with Gasteiger partial charge in [0, 0.05) is 54.7 Å². The molecular weight excluding hydrogens is 1110 g/mol. The van der Waals surface area contributed by atoms with Crippen LogP contribution < -0.4 is 32.1 Å². The predicted octanol–water partition coefficient (Wildman–Crippen LogP) is 4.15. The van der Waals surface area contributed by atoms with E-state index >= 15 is 0 Å². The van der Waals surface area contributed by atoms with Gasteiger partial charge in [-0.3, -0.25) is 48.7 Å². The third-order valence-corrected chi connectivity index (χ3v) is 16.7. The van der Waals surface area contributed by atoms with Crippen molar-refractivity contribution in [2.75, 3.05) is 45.5 Å². The van der Waals surface area contributed by atoms with Gasteiger partial charge >= 0.3 is 30.0 Å². The van der Waals surface area contributed by atoms with Crippen molar-refractivity contribution in [1.29, 1.82) is 0 Å². The summed E-state index contributed by atoms with van der Waals surface area (Å²) in [5, 5.41) is 41.0. The molecule has 0 spiro atoms. The number of hydrogen-bond donors (Lipinski definition) is 9. The third kappa shape index (κ3) is 24.0. The van der Waals surface area contributed by atoms with Crippen LogP contribution in [-0.2, 0) is 59.0 Å². The van der Waals surface area contributed by atoms with Crippen molar-refractivity contribution in [2.24, 2.45) is 17.8 Å². The van der Waals surface area contributed by atoms with Crippen LogP contribution in [0.1, 0.15) is 133 Å². The fraction of sp³-hybridized carbons (Fsp3) is 0.642. The average Bonchev–Trinajstić information content (AvgIpc) is 3.94. The lowest BCUT2D eigenvalue weighted by atomic mass is 9.92. The number of carboxylic acid groups (broad SMARTS) is 2. The van der Waals surface area contributed by atoms with E-state index in [0.717, 1.165) is 52.3 Å². The molecule has 0 aliphatic carbocycles. The molecule has 6 amide bonds. The number of carbonyl (C=O) groups is 10. The van der Waals surface area contributed by atoms with Crippen molar-refractivity contribution in [3.8, 4) is 5.75 Å². The number of aromatic hydroxyl groups is 1. The zero-order valence-electron chi connectivity index (χ0n) is 47.5. The minimum Gasteiger partial charge on any atom is -0.508 e. The molecule has 1 aliphatic rings. The number of esters is 2. The molecule has 1 fully saturated rings. The summed E-state index contributed by atoms with van der Waals surface area (Å²) in [5.74, 6) is -7.88. The van der Waals surface area contributed by atoms with Gasteiger partial charge in [-0.2, -0.15) is 0 Å². The Balaban J connectivity index is 1.74. The second-order valence-electron chi connectivity index (χ2n) is 20.2. The highest BCUT2D eigenvalue weighted by Crippen LogP contribution is 2.32. The monoisotopic (exact) mass is 1200 g/mol. The first-order chi connectivity index (χ1) is 38.4. The fourth-order valence-corrected chi connectivity index (χ4v) is 11.4. The number of likely N-dealkylation sites (N-methyl/N-ethyl adjacent to an activating group) is 2. The maximum atomic E-state index is 14.9. The van der Waals surface area contributed by atoms with Gasteiger partial charge in [-0.25, -0.2) is 20.0 Å². The SMILES string of the molecule is CCCC(=O)OCN(C(=O)[C@@H](NC(=O)[C@H]1CCCCN1C)[C@H](C)CC)[C@H](C[C@@H](OC(C)=O)c1nc(C(=O)N[C@@H](Cc2ccc(O)cc2)C[C@H](C)C(=O)NNC(=O)OCCSSC[C@H](NC(=O)C[C@H](NC)C(=O)O)C(=O)O)cs1)C(C)C. The van der Waals surface area contributed by atoms with E-state index in [1.54, 1.807) is 19.1 Å². The molecule has 1 aromatic carbocycles. The Kier molecular flexibility index (Phi) is 30.3. The number of aromatic nitrogens is 1. The summed E-state index contributed by atoms with van der Waals surface area (Å²) in [4.78, 5) is 137. The summed E-state index contributed by atoms with van der Waals surface area (Å²) in [5.41, 5.74) is 5.14. The first-order valence-electron chi connectivity index (χ1n) is 27.0. The number of carbonyl (C=O) groups excluding carboxylic acids is 8. The molecule has 9 atom stereocenters. The minimum absolute atomic E-state index is 0.0148. The quantitative estimate of drug-likeness (QED) is 0.0119. The summed E-state index contributed by atoms with van der Waals surface area (Å²) in [6.45, 7) is 12.3. The van der Waals surface area contributed by atoms with E-state index in [4.69, 9.17) is 19.3 Å². The lowest BCUT2D eigenvalue weighted by Crippen LogP contribution is -2.59. The number of piperidine rings is 1. The van der Waals surface area contributed by atoms with E-state index in [9.17, 15) is 58.2 Å². The summed E-state index contributed by atoms with van der Waals surface area (Å²) < 4.78 is 16.7. The Morgan fingerprint density at radius 2 is 1.58 bits per heavy atom. The Hall–Kier alpha value is -6.23. The molecule has 0 unspecified atom stereocenters. The number of amides is 6. The first-order valence-corrected chi connectivity index (χ1v) is 30.3. The van der Waals surface area contributed by atoms with E-state index in [1.165, 1.54) is 36.4 Å². The Labute approximate surface area is 484 Å². The highest BCUT2D eigenvalue weighted by Gasteiger charge is 2.40. The number of ether oxygens (including phenoxy) is 3. The van der Waals surface area contributed by atoms with Crippen LogP contribution in [0.25, 0.3) is 0 Å². The second kappa shape index (κ2) is 35.6. The molecule has 3 rings (SSSR count). The van der Waals surface area contributed by atoms with Crippen LogP contribution in [0, 0.1) is 17.8 Å². The number of benzene rings is 1. The lowest BCUT2D eigenvalue weighted by molar-refractivity contribution is -0.160. The van der Waals surface area contributed by atoms with Crippen molar-refractivity contribution in [2.45, 2.75) is 155 Å². The summed E-state index contributed by atoms with van der Waals surface area (Å²) in [6, 6.07) is 0.888. The van der Waals surface area contributed by atoms with Gasteiger partial charge in [0.1, 0.15) is 41.2 Å². The van der Waals surface area contributed by atoms with Crippen molar-refractivity contribution in [3.05, 3.63) is 45.9 Å². The second-order valence-corrected chi connectivity index (χ2v) is 23.7. The number of nitrogens with one attached hydrogen (secondary N) is 6. The van der Waals surface area contributed by atoms with Crippen LogP contribution in [-0.4, -0.2) is 171 Å². The van der Waals surface area contributed by atoms with E-state index in [1.807, 2.05) is 46.6 Å². The number of likely N-dealkylation sites (tertiary alicyclic amines) is 1. The highest BCUT2D eigenvalue weighted by molar-refractivity contribution is 8.76. The predicted molar refractivity (Wildman–Crippen MR) is 303 cm³/mol. The number of rotatable bonds is 34. The molecule has 1 aliphatic heterocycles. The zero-order valence-corrected chi connectivity index (χ0v) is 49.9. The Morgan fingerprint density at radius 1 is 0.889 bits per heavy atom. The molecule has 0 saturated carbocycles. The van der Waals surface area contributed by atoms with Crippen LogP contribution in [0.15, 0.2) is 29.6 Å². The molecule has 0 bridgehead atoms. The van der Waals surface area contributed by atoms with E-state index in [2.05, 4.69) is 37.1 Å². The van der Waals surface area contributed by atoms with E-state index in [-0.39, 0.29) is 78.0 Å². The van der Waals surface area contributed by atoms with Gasteiger partial charge in [0.15, 0.2) is 12.8 Å². The number of thiazole rings is 1. The number of hydrogen-bond acceptors (Lipinski definition) is 20. The normalized spacial score (nSPS) is 16.4. The van der Waals surface area contributed by atoms with Gasteiger partial charge in [0.25, 0.3) is 5.91 Å². The molecule has 452 valence electrons.